The number of carbonyl (C=O) groups is 1. The second kappa shape index (κ2) is 5.25. The molecule has 0 saturated carbocycles. The molecule has 0 spiro atoms. The summed E-state index contributed by atoms with van der Waals surface area (Å²) in [5, 5.41) is 13.2. The number of nitro groups is 1. The van der Waals surface area contributed by atoms with E-state index in [1.807, 2.05) is 0 Å². The summed E-state index contributed by atoms with van der Waals surface area (Å²) in [6, 6.07) is 3.61. The molecule has 7 nitrogen and oxygen atoms in total. The molecule has 2 aromatic heterocycles. The van der Waals surface area contributed by atoms with Gasteiger partial charge in [0, 0.05) is 12.3 Å². The van der Waals surface area contributed by atoms with Crippen molar-refractivity contribution in [3.8, 4) is 0 Å². The summed E-state index contributed by atoms with van der Waals surface area (Å²) in [6.45, 7) is 0. The number of anilines is 1. The smallest absolute Gasteiger partial charge is 0.395 e. The summed E-state index contributed by atoms with van der Waals surface area (Å²) in [7, 11) is 0. The van der Waals surface area contributed by atoms with Crippen molar-refractivity contribution in [3.63, 3.8) is 0 Å². The van der Waals surface area contributed by atoms with Gasteiger partial charge in [0.1, 0.15) is 10.7 Å². The first-order valence-electron chi connectivity index (χ1n) is 4.84. The highest BCUT2D eigenvalue weighted by Gasteiger charge is 2.17. The zero-order valence-corrected chi connectivity index (χ0v) is 10.6. The molecule has 0 saturated heterocycles. The highest BCUT2D eigenvalue weighted by Crippen LogP contribution is 2.23. The van der Waals surface area contributed by atoms with Gasteiger partial charge in [0.25, 0.3) is 5.91 Å². The molecule has 0 aromatic carbocycles. The number of halogens is 2. The van der Waals surface area contributed by atoms with Crippen LogP contribution in [0, 0.1) is 10.1 Å². The van der Waals surface area contributed by atoms with Crippen LogP contribution in [0.25, 0.3) is 0 Å². The van der Waals surface area contributed by atoms with Gasteiger partial charge in [-0.15, -0.1) is 0 Å². The van der Waals surface area contributed by atoms with Crippen molar-refractivity contribution in [2.45, 2.75) is 0 Å². The molecular formula is C10H5Cl2N3O4. The molecule has 0 aliphatic heterocycles. The third kappa shape index (κ3) is 3.01. The van der Waals surface area contributed by atoms with Crippen LogP contribution < -0.4 is 5.32 Å². The van der Waals surface area contributed by atoms with Crippen molar-refractivity contribution in [2.24, 2.45) is 0 Å². The maximum absolute atomic E-state index is 11.7. The Balaban J connectivity index is 2.15. The van der Waals surface area contributed by atoms with E-state index < -0.39 is 16.7 Å². The van der Waals surface area contributed by atoms with E-state index in [0.717, 1.165) is 6.07 Å². The fourth-order valence-electron chi connectivity index (χ4n) is 1.21. The van der Waals surface area contributed by atoms with Crippen LogP contribution in [-0.2, 0) is 0 Å². The number of rotatable bonds is 3. The Labute approximate surface area is 116 Å². The summed E-state index contributed by atoms with van der Waals surface area (Å²) < 4.78 is 4.74. The maximum Gasteiger partial charge on any atom is 0.433 e. The molecule has 98 valence electrons. The molecule has 0 radical (unpaired) electrons. The van der Waals surface area contributed by atoms with Gasteiger partial charge in [-0.2, -0.15) is 0 Å². The molecule has 19 heavy (non-hydrogen) atoms. The first kappa shape index (κ1) is 13.3. The Morgan fingerprint density at radius 2 is 2.11 bits per heavy atom. The average Bonchev–Trinajstić information content (AvgIpc) is 2.83. The van der Waals surface area contributed by atoms with E-state index in [1.54, 1.807) is 0 Å². The van der Waals surface area contributed by atoms with E-state index >= 15 is 0 Å². The van der Waals surface area contributed by atoms with Crippen molar-refractivity contribution >= 4 is 40.8 Å². The summed E-state index contributed by atoms with van der Waals surface area (Å²) in [6.07, 6.45) is 1.27. The molecule has 0 fully saturated rings. The minimum Gasteiger partial charge on any atom is -0.395 e. The Kier molecular flexibility index (Phi) is 3.68. The lowest BCUT2D eigenvalue weighted by Crippen LogP contribution is -2.11. The van der Waals surface area contributed by atoms with Crippen molar-refractivity contribution in [2.75, 3.05) is 5.32 Å². The van der Waals surface area contributed by atoms with Gasteiger partial charge in [-0.25, -0.2) is 4.98 Å². The number of furan rings is 1. The van der Waals surface area contributed by atoms with E-state index in [9.17, 15) is 14.9 Å². The molecule has 0 bridgehead atoms. The molecule has 0 unspecified atom stereocenters. The molecule has 2 rings (SSSR count). The summed E-state index contributed by atoms with van der Waals surface area (Å²) in [4.78, 5) is 25.2. The van der Waals surface area contributed by atoms with E-state index in [4.69, 9.17) is 27.6 Å². The SMILES string of the molecule is O=C(Nc1cc(Cl)c(Cl)cn1)c1ccc([N+](=O)[O-])o1. The van der Waals surface area contributed by atoms with Gasteiger partial charge < -0.3 is 9.73 Å². The van der Waals surface area contributed by atoms with Crippen LogP contribution in [0.4, 0.5) is 11.7 Å². The van der Waals surface area contributed by atoms with Crippen LogP contribution in [0.5, 0.6) is 0 Å². The molecule has 0 aliphatic rings. The molecular weight excluding hydrogens is 297 g/mol. The Bertz CT molecular complexity index is 656. The highest BCUT2D eigenvalue weighted by molar-refractivity contribution is 6.42. The second-order valence-electron chi connectivity index (χ2n) is 3.33. The standard InChI is InChI=1S/C10H5Cl2N3O4/c11-5-3-8(13-4-6(5)12)14-10(16)7-1-2-9(19-7)15(17)18/h1-4H,(H,13,14,16). The summed E-state index contributed by atoms with van der Waals surface area (Å²) in [5.74, 6) is -1.26. The van der Waals surface area contributed by atoms with Crippen LogP contribution in [0.2, 0.25) is 10.0 Å². The van der Waals surface area contributed by atoms with E-state index in [0.29, 0.717) is 0 Å². The van der Waals surface area contributed by atoms with Crippen molar-refractivity contribution in [1.29, 1.82) is 0 Å². The first-order valence-corrected chi connectivity index (χ1v) is 5.59. The highest BCUT2D eigenvalue weighted by atomic mass is 35.5. The molecule has 2 aromatic rings. The molecule has 1 amide bonds. The van der Waals surface area contributed by atoms with E-state index in [2.05, 4.69) is 10.3 Å². The van der Waals surface area contributed by atoms with E-state index in [1.165, 1.54) is 18.3 Å². The minimum atomic E-state index is -0.742. The largest absolute Gasteiger partial charge is 0.433 e. The lowest BCUT2D eigenvalue weighted by Gasteiger charge is -2.02. The third-order valence-electron chi connectivity index (χ3n) is 2.05. The lowest BCUT2D eigenvalue weighted by atomic mass is 10.4. The fourth-order valence-corrected chi connectivity index (χ4v) is 1.46. The third-order valence-corrected chi connectivity index (χ3v) is 2.76. The van der Waals surface area contributed by atoms with Crippen molar-refractivity contribution in [3.05, 3.63) is 50.3 Å². The molecule has 9 heteroatoms. The van der Waals surface area contributed by atoms with Gasteiger partial charge in [-0.05, 0) is 6.07 Å². The average molecular weight is 302 g/mol. The van der Waals surface area contributed by atoms with Gasteiger partial charge >= 0.3 is 5.88 Å². The van der Waals surface area contributed by atoms with Gasteiger partial charge in [0.2, 0.25) is 0 Å². The topological polar surface area (TPSA) is 98.3 Å². The summed E-state index contributed by atoms with van der Waals surface area (Å²) in [5.41, 5.74) is 0. The number of amides is 1. The number of aromatic nitrogens is 1. The number of nitrogens with zero attached hydrogens (tertiary/aromatic N) is 2. The lowest BCUT2D eigenvalue weighted by molar-refractivity contribution is -0.402. The molecule has 2 heterocycles. The molecule has 0 atom stereocenters. The normalized spacial score (nSPS) is 10.2. The zero-order chi connectivity index (χ0) is 14.0. The molecule has 1 N–H and O–H groups in total. The maximum atomic E-state index is 11.7. The number of carbonyl (C=O) groups excluding carboxylic acids is 1. The Morgan fingerprint density at radius 3 is 2.68 bits per heavy atom. The van der Waals surface area contributed by atoms with Gasteiger partial charge in [0.05, 0.1) is 16.1 Å². The Morgan fingerprint density at radius 1 is 1.37 bits per heavy atom. The quantitative estimate of drug-likeness (QED) is 0.693. The van der Waals surface area contributed by atoms with Gasteiger partial charge in [-0.3, -0.25) is 14.9 Å². The van der Waals surface area contributed by atoms with E-state index in [-0.39, 0.29) is 21.6 Å². The molecule has 0 aliphatic carbocycles. The summed E-state index contributed by atoms with van der Waals surface area (Å²) >= 11 is 11.4. The van der Waals surface area contributed by atoms with Gasteiger partial charge in [-0.1, -0.05) is 23.2 Å². The van der Waals surface area contributed by atoms with Crippen LogP contribution in [0.1, 0.15) is 10.6 Å². The Hall–Kier alpha value is -2.12. The monoisotopic (exact) mass is 301 g/mol. The zero-order valence-electron chi connectivity index (χ0n) is 9.09. The van der Waals surface area contributed by atoms with Crippen LogP contribution in [0.3, 0.4) is 0 Å². The van der Waals surface area contributed by atoms with Crippen LogP contribution in [-0.4, -0.2) is 15.8 Å². The number of hydrogen-bond acceptors (Lipinski definition) is 5. The number of hydrogen-bond donors (Lipinski definition) is 1. The van der Waals surface area contributed by atoms with Crippen molar-refractivity contribution in [1.82, 2.24) is 4.98 Å². The fraction of sp³-hybridized carbons (Fsp3) is 0. The second-order valence-corrected chi connectivity index (χ2v) is 4.15. The minimum absolute atomic E-state index is 0.151. The number of pyridine rings is 1. The predicted octanol–water partition coefficient (Wildman–Crippen LogP) is 3.14. The first-order chi connectivity index (χ1) is 8.97. The van der Waals surface area contributed by atoms with Crippen LogP contribution >= 0.6 is 23.2 Å². The van der Waals surface area contributed by atoms with Crippen LogP contribution in [0.15, 0.2) is 28.8 Å². The van der Waals surface area contributed by atoms with Gasteiger partial charge in [0.15, 0.2) is 5.76 Å². The predicted molar refractivity (Wildman–Crippen MR) is 67.6 cm³/mol. The number of nitrogens with one attached hydrogen (secondary N) is 1. The van der Waals surface area contributed by atoms with Crippen molar-refractivity contribution < 1.29 is 14.1 Å².